The Morgan fingerprint density at radius 1 is 0.639 bits per heavy atom. The molecule has 0 saturated heterocycles. The zero-order chi connectivity index (χ0) is 40.9. The maximum absolute atomic E-state index is 5.68. The summed E-state index contributed by atoms with van der Waals surface area (Å²) in [6.07, 6.45) is 1.86. The molecule has 0 spiro atoms. The van der Waals surface area contributed by atoms with E-state index in [0.29, 0.717) is 0 Å². The Hall–Kier alpha value is -6.55. The Balaban J connectivity index is 0.00000445. The van der Waals surface area contributed by atoms with Gasteiger partial charge in [0.25, 0.3) is 0 Å². The van der Waals surface area contributed by atoms with Gasteiger partial charge in [0.1, 0.15) is 11.6 Å². The van der Waals surface area contributed by atoms with Crippen molar-refractivity contribution >= 4 is 50.0 Å². The zero-order valence-corrected chi connectivity index (χ0v) is 37.3. The number of pyridine rings is 1. The van der Waals surface area contributed by atoms with Crippen LogP contribution in [-0.2, 0) is 26.5 Å². The van der Waals surface area contributed by atoms with Crippen LogP contribution in [0, 0.1) is 33.8 Å². The fourth-order valence-corrected chi connectivity index (χ4v) is 9.89. The van der Waals surface area contributed by atoms with Gasteiger partial charge in [0.15, 0.2) is 0 Å². The average molecular weight is 969 g/mol. The second kappa shape index (κ2) is 14.6. The molecule has 0 bridgehead atoms. The molecule has 7 aromatic carbocycles. The van der Waals surface area contributed by atoms with Gasteiger partial charge in [0.05, 0.1) is 11.0 Å². The molecule has 1 aliphatic rings. The van der Waals surface area contributed by atoms with E-state index in [9.17, 15) is 0 Å². The van der Waals surface area contributed by atoms with Crippen LogP contribution in [0.5, 0.6) is 0 Å². The molecule has 0 fully saturated rings. The van der Waals surface area contributed by atoms with Crippen molar-refractivity contribution in [2.45, 2.75) is 47.0 Å². The number of rotatable bonds is 5. The van der Waals surface area contributed by atoms with Crippen molar-refractivity contribution in [3.63, 3.8) is 0 Å². The predicted molar refractivity (Wildman–Crippen MR) is 248 cm³/mol. The van der Waals surface area contributed by atoms with Gasteiger partial charge in [-0.3, -0.25) is 4.57 Å². The molecule has 5 nitrogen and oxygen atoms in total. The van der Waals surface area contributed by atoms with E-state index in [2.05, 4.69) is 191 Å². The normalized spacial score (nSPS) is 13.0. The van der Waals surface area contributed by atoms with Crippen molar-refractivity contribution in [2.75, 3.05) is 4.90 Å². The summed E-state index contributed by atoms with van der Waals surface area (Å²) in [6, 6.07) is 56.2. The van der Waals surface area contributed by atoms with Crippen LogP contribution in [0.1, 0.15) is 47.2 Å². The smallest absolute Gasteiger partial charge is 0.656 e. The molecule has 0 aliphatic carbocycles. The largest absolute Gasteiger partial charge is 2.00 e. The van der Waals surface area contributed by atoms with Gasteiger partial charge in [-0.25, -0.2) is 9.97 Å². The van der Waals surface area contributed by atoms with Crippen LogP contribution in [0.15, 0.2) is 152 Å². The van der Waals surface area contributed by atoms with Crippen LogP contribution >= 0.6 is 0 Å². The SMILES string of the molecule is Cc1cc(C)c(-c2cccc(-n3c(-c4cccc5c4[n-]c4ccccc45)nc4c(-c5[c-]c6c(cc5)C(C)(C)c5ccccc5N6c5ccccn5)cc(C)cc43)c2)c(C)c1.[Pt+2]. The molecule has 0 N–H and O–H groups in total. The quantitative estimate of drug-likeness (QED) is 0.161. The third kappa shape index (κ3) is 6.09. The van der Waals surface area contributed by atoms with Crippen LogP contribution < -0.4 is 9.88 Å². The number of fused-ring (bicyclic) bond motifs is 6. The molecule has 10 aromatic rings. The Morgan fingerprint density at radius 3 is 2.20 bits per heavy atom. The number of imidazole rings is 1. The van der Waals surface area contributed by atoms with E-state index >= 15 is 0 Å². The topological polar surface area (TPSA) is 48.1 Å². The monoisotopic (exact) mass is 968 g/mol. The molecule has 1 aliphatic heterocycles. The van der Waals surface area contributed by atoms with E-state index in [1.807, 2.05) is 18.3 Å². The van der Waals surface area contributed by atoms with Crippen molar-refractivity contribution in [3.8, 4) is 39.3 Å². The first-order valence-electron chi connectivity index (χ1n) is 20.7. The Labute approximate surface area is 371 Å². The Kier molecular flexibility index (Phi) is 9.23. The summed E-state index contributed by atoms with van der Waals surface area (Å²) in [4.78, 5) is 18.0. The minimum Gasteiger partial charge on any atom is -0.656 e. The van der Waals surface area contributed by atoms with Crippen molar-refractivity contribution in [2.24, 2.45) is 0 Å². The van der Waals surface area contributed by atoms with Gasteiger partial charge in [0.2, 0.25) is 0 Å². The molecular formula is C55H43N5Pt. The zero-order valence-electron chi connectivity index (χ0n) is 35.0. The molecule has 61 heavy (non-hydrogen) atoms. The summed E-state index contributed by atoms with van der Waals surface area (Å²) in [7, 11) is 0. The first-order chi connectivity index (χ1) is 29.2. The average Bonchev–Trinajstić information content (AvgIpc) is 3.82. The van der Waals surface area contributed by atoms with Crippen molar-refractivity contribution in [3.05, 3.63) is 191 Å². The number of hydrogen-bond donors (Lipinski definition) is 0. The van der Waals surface area contributed by atoms with Crippen molar-refractivity contribution < 1.29 is 21.1 Å². The third-order valence-electron chi connectivity index (χ3n) is 12.5. The van der Waals surface area contributed by atoms with E-state index in [4.69, 9.17) is 15.0 Å². The van der Waals surface area contributed by atoms with Gasteiger partial charge in [0, 0.05) is 23.1 Å². The summed E-state index contributed by atoms with van der Waals surface area (Å²) >= 11 is 0. The van der Waals surface area contributed by atoms with E-state index in [-0.39, 0.29) is 26.5 Å². The van der Waals surface area contributed by atoms with Gasteiger partial charge in [-0.1, -0.05) is 133 Å². The number of hydrogen-bond acceptors (Lipinski definition) is 3. The molecule has 0 radical (unpaired) electrons. The number of anilines is 3. The Bertz CT molecular complexity index is 3330. The van der Waals surface area contributed by atoms with Crippen LogP contribution in [0.3, 0.4) is 0 Å². The number of nitrogens with zero attached hydrogens (tertiary/aromatic N) is 5. The second-order valence-corrected chi connectivity index (χ2v) is 16.9. The molecule has 0 unspecified atom stereocenters. The molecule has 0 saturated carbocycles. The summed E-state index contributed by atoms with van der Waals surface area (Å²) in [5, 5.41) is 2.27. The standard InChI is InChI=1S/C55H43N5.Pt/c1-33-27-35(3)51(36(4)28-33)38-15-13-16-39(31-38)59-49-30-34(2)29-43(53(49)58-54(59)42-19-14-18-41-40-17-7-9-21-46(40)57-52(41)42)37-24-25-45-48(32-37)60(50-23-11-12-26-56-50)47-22-10-8-20-44(47)55(45,5)6;/h7-31H,1-6H3;/q-2;+2. The molecule has 6 heteroatoms. The maximum Gasteiger partial charge on any atom is 2.00 e. The van der Waals surface area contributed by atoms with E-state index in [1.54, 1.807) is 0 Å². The molecule has 11 rings (SSSR count). The van der Waals surface area contributed by atoms with Gasteiger partial charge in [-0.15, -0.1) is 34.8 Å². The second-order valence-electron chi connectivity index (χ2n) is 16.9. The molecule has 3 aromatic heterocycles. The molecule has 0 atom stereocenters. The van der Waals surface area contributed by atoms with Crippen LogP contribution in [0.4, 0.5) is 17.2 Å². The molecule has 0 amide bonds. The minimum absolute atomic E-state index is 0. The van der Waals surface area contributed by atoms with E-state index in [0.717, 1.165) is 83.8 Å². The molecule has 4 heterocycles. The number of aromatic nitrogens is 4. The summed E-state index contributed by atoms with van der Waals surface area (Å²) in [6.45, 7) is 13.4. The number of para-hydroxylation sites is 3. The van der Waals surface area contributed by atoms with Crippen LogP contribution in [0.25, 0.3) is 72.2 Å². The van der Waals surface area contributed by atoms with Crippen LogP contribution in [0.2, 0.25) is 0 Å². The fourth-order valence-electron chi connectivity index (χ4n) is 9.89. The fraction of sp³-hybridized carbons (Fsp3) is 0.127. The van der Waals surface area contributed by atoms with E-state index in [1.165, 1.54) is 38.9 Å². The van der Waals surface area contributed by atoms with Crippen molar-refractivity contribution in [1.29, 1.82) is 0 Å². The summed E-state index contributed by atoms with van der Waals surface area (Å²) in [5.41, 5.74) is 19.6. The van der Waals surface area contributed by atoms with Gasteiger partial charge in [-0.05, 0) is 114 Å². The van der Waals surface area contributed by atoms with Crippen LogP contribution in [-0.4, -0.2) is 14.5 Å². The number of benzene rings is 7. The third-order valence-corrected chi connectivity index (χ3v) is 12.5. The van der Waals surface area contributed by atoms with Gasteiger partial charge < -0.3 is 9.88 Å². The number of aryl methyl sites for hydroxylation is 4. The maximum atomic E-state index is 5.68. The molecule has 298 valence electrons. The summed E-state index contributed by atoms with van der Waals surface area (Å²) in [5.74, 6) is 1.71. The van der Waals surface area contributed by atoms with Gasteiger partial charge >= 0.3 is 21.1 Å². The molecular weight excluding hydrogens is 926 g/mol. The van der Waals surface area contributed by atoms with Crippen molar-refractivity contribution in [1.82, 2.24) is 19.5 Å². The predicted octanol–water partition coefficient (Wildman–Crippen LogP) is 13.8. The van der Waals surface area contributed by atoms with Gasteiger partial charge in [-0.2, -0.15) is 0 Å². The first kappa shape index (κ1) is 38.6. The Morgan fingerprint density at radius 2 is 1.38 bits per heavy atom. The first-order valence-corrected chi connectivity index (χ1v) is 20.7. The van der Waals surface area contributed by atoms with E-state index < -0.39 is 0 Å². The minimum atomic E-state index is -0.253. The summed E-state index contributed by atoms with van der Waals surface area (Å²) < 4.78 is 2.35.